The third-order valence-electron chi connectivity index (χ3n) is 6.45. The van der Waals surface area contributed by atoms with Crippen LogP contribution in [0.15, 0.2) is 48.5 Å². The van der Waals surface area contributed by atoms with Gasteiger partial charge in [-0.05, 0) is 24.6 Å². The number of nitrogens with zero attached hydrogens (tertiary/aromatic N) is 3. The van der Waals surface area contributed by atoms with Gasteiger partial charge in [-0.3, -0.25) is 24.5 Å². The molecule has 0 saturated carbocycles. The van der Waals surface area contributed by atoms with Crippen molar-refractivity contribution >= 4 is 40.7 Å². The van der Waals surface area contributed by atoms with E-state index in [1.165, 1.54) is 26.2 Å². The van der Waals surface area contributed by atoms with Crippen molar-refractivity contribution in [3.05, 3.63) is 64.2 Å². The lowest BCUT2D eigenvalue weighted by Crippen LogP contribution is -2.48. The third kappa shape index (κ3) is 2.60. The van der Waals surface area contributed by atoms with Crippen molar-refractivity contribution in [2.75, 3.05) is 16.9 Å². The van der Waals surface area contributed by atoms with Crippen LogP contribution in [0.25, 0.3) is 6.08 Å². The Kier molecular flexibility index (Phi) is 4.37. The highest BCUT2D eigenvalue weighted by Gasteiger charge is 2.64. The number of ketones is 1. The third-order valence-corrected chi connectivity index (χ3v) is 6.45. The molecule has 2 amide bonds. The van der Waals surface area contributed by atoms with Crippen molar-refractivity contribution < 1.29 is 24.0 Å². The fraction of sp³-hybridized carbons (Fsp3) is 0.261. The highest BCUT2D eigenvalue weighted by molar-refractivity contribution is 6.25. The van der Waals surface area contributed by atoms with E-state index in [0.29, 0.717) is 0 Å². The molecule has 0 bridgehead atoms. The molecule has 162 valence electrons. The molecule has 3 aliphatic rings. The normalized spacial score (nSPS) is 25.4. The Morgan fingerprint density at radius 1 is 1.06 bits per heavy atom. The number of rotatable bonds is 4. The largest absolute Gasteiger partial charge is 0.495 e. The Bertz CT molecular complexity index is 1220. The molecule has 9 heteroatoms. The summed E-state index contributed by atoms with van der Waals surface area (Å²) in [6.07, 6.45) is 3.74. The lowest BCUT2D eigenvalue weighted by atomic mass is 9.88. The molecule has 4 atom stereocenters. The Morgan fingerprint density at radius 2 is 1.78 bits per heavy atom. The smallest absolute Gasteiger partial charge is 0.271 e. The molecule has 3 heterocycles. The summed E-state index contributed by atoms with van der Waals surface area (Å²) in [4.78, 5) is 53.4. The van der Waals surface area contributed by atoms with Crippen LogP contribution in [0.5, 0.6) is 5.75 Å². The number of benzene rings is 2. The first-order valence-electron chi connectivity index (χ1n) is 10.1. The van der Waals surface area contributed by atoms with Crippen LogP contribution in [0.2, 0.25) is 0 Å². The number of methoxy groups -OCH3 is 1. The number of para-hydroxylation sites is 1. The summed E-state index contributed by atoms with van der Waals surface area (Å²) < 4.78 is 5.28. The summed E-state index contributed by atoms with van der Waals surface area (Å²) >= 11 is 0. The van der Waals surface area contributed by atoms with E-state index in [1.54, 1.807) is 0 Å². The number of anilines is 2. The van der Waals surface area contributed by atoms with Gasteiger partial charge < -0.3 is 9.64 Å². The lowest BCUT2D eigenvalue weighted by molar-refractivity contribution is -0.384. The quantitative estimate of drug-likeness (QED) is 0.414. The first kappa shape index (κ1) is 19.9. The predicted octanol–water partition coefficient (Wildman–Crippen LogP) is 2.58. The number of carbonyl (C=O) groups is 3. The summed E-state index contributed by atoms with van der Waals surface area (Å²) in [7, 11) is 1.36. The molecule has 2 aromatic rings. The van der Waals surface area contributed by atoms with E-state index in [-0.39, 0.29) is 22.9 Å². The lowest BCUT2D eigenvalue weighted by Gasteiger charge is -2.36. The average molecular weight is 433 g/mol. The topological polar surface area (TPSA) is 110 Å². The van der Waals surface area contributed by atoms with E-state index in [4.69, 9.17) is 4.74 Å². The van der Waals surface area contributed by atoms with Gasteiger partial charge in [-0.15, -0.1) is 0 Å². The van der Waals surface area contributed by atoms with Crippen LogP contribution < -0.4 is 14.5 Å². The molecule has 3 aliphatic heterocycles. The molecule has 5 rings (SSSR count). The number of Topliss-reactive ketones (excluding diaryl/α,β-unsaturated/α-hetero) is 1. The number of carbonyl (C=O) groups excluding carboxylic acids is 3. The van der Waals surface area contributed by atoms with Crippen molar-refractivity contribution in [2.24, 2.45) is 11.8 Å². The fourth-order valence-corrected chi connectivity index (χ4v) is 5.18. The van der Waals surface area contributed by atoms with Crippen LogP contribution in [-0.4, -0.2) is 41.7 Å². The highest BCUT2D eigenvalue weighted by atomic mass is 16.6. The number of ether oxygens (including phenoxy) is 1. The molecule has 0 N–H and O–H groups in total. The van der Waals surface area contributed by atoms with E-state index in [0.717, 1.165) is 22.2 Å². The molecule has 2 saturated heterocycles. The van der Waals surface area contributed by atoms with Crippen LogP contribution in [0, 0.1) is 22.0 Å². The van der Waals surface area contributed by atoms with Gasteiger partial charge in [-0.2, -0.15) is 0 Å². The van der Waals surface area contributed by atoms with Crippen molar-refractivity contribution in [1.82, 2.24) is 0 Å². The molecule has 9 nitrogen and oxygen atoms in total. The van der Waals surface area contributed by atoms with E-state index in [2.05, 4.69) is 0 Å². The summed E-state index contributed by atoms with van der Waals surface area (Å²) in [5.41, 5.74) is 1.46. The summed E-state index contributed by atoms with van der Waals surface area (Å²) in [6, 6.07) is 9.98. The van der Waals surface area contributed by atoms with Gasteiger partial charge in [0.15, 0.2) is 5.78 Å². The first-order chi connectivity index (χ1) is 15.3. The van der Waals surface area contributed by atoms with Gasteiger partial charge in [0.2, 0.25) is 11.8 Å². The second kappa shape index (κ2) is 7.01. The zero-order chi connectivity index (χ0) is 22.7. The summed E-state index contributed by atoms with van der Waals surface area (Å²) in [5, 5.41) is 11.3. The SMILES string of the molecule is COc1ccc([N+](=O)[O-])cc1N1C(=O)[C@H]2[C@H](C1=O)[C@@H](C(C)=O)N1c3ccccc3C=C[C@H]21. The molecule has 0 unspecified atom stereocenters. The zero-order valence-electron chi connectivity index (χ0n) is 17.3. The number of fused-ring (bicyclic) bond motifs is 5. The van der Waals surface area contributed by atoms with Crippen LogP contribution in [-0.2, 0) is 14.4 Å². The number of hydrogen-bond donors (Lipinski definition) is 0. The molecule has 32 heavy (non-hydrogen) atoms. The monoisotopic (exact) mass is 433 g/mol. The molecule has 2 aromatic carbocycles. The molecule has 0 spiro atoms. The van der Waals surface area contributed by atoms with Crippen molar-refractivity contribution in [3.8, 4) is 5.75 Å². The Morgan fingerprint density at radius 3 is 2.47 bits per heavy atom. The van der Waals surface area contributed by atoms with Gasteiger partial charge in [-0.1, -0.05) is 30.4 Å². The number of imide groups is 1. The number of amides is 2. The van der Waals surface area contributed by atoms with Crippen LogP contribution in [0.1, 0.15) is 12.5 Å². The number of nitro benzene ring substituents is 1. The van der Waals surface area contributed by atoms with Crippen LogP contribution >= 0.6 is 0 Å². The minimum Gasteiger partial charge on any atom is -0.495 e. The van der Waals surface area contributed by atoms with Crippen LogP contribution in [0.3, 0.4) is 0 Å². The molecule has 0 radical (unpaired) electrons. The second-order valence-corrected chi connectivity index (χ2v) is 8.05. The maximum atomic E-state index is 13.6. The Labute approximate surface area is 183 Å². The van der Waals surface area contributed by atoms with Gasteiger partial charge in [0.05, 0.1) is 29.9 Å². The van der Waals surface area contributed by atoms with Gasteiger partial charge >= 0.3 is 0 Å². The average Bonchev–Trinajstić information content (AvgIpc) is 3.26. The number of hydrogen-bond acceptors (Lipinski definition) is 7. The summed E-state index contributed by atoms with van der Waals surface area (Å²) in [6.45, 7) is 1.42. The molecular weight excluding hydrogens is 414 g/mol. The van der Waals surface area contributed by atoms with Crippen LogP contribution in [0.4, 0.5) is 17.1 Å². The Balaban J connectivity index is 1.64. The Hall–Kier alpha value is -4.01. The fourth-order valence-electron chi connectivity index (χ4n) is 5.18. The molecular formula is C23H19N3O6. The standard InChI is InChI=1S/C23H19N3O6/c1-12(27)21-20-19(16-9-7-13-5-3-4-6-15(13)24(16)21)22(28)25(23(20)29)17-11-14(26(30)31)8-10-18(17)32-2/h3-11,16,19-21H,1-2H3/t16-,19-,20+,21-/m1/s1. The number of non-ortho nitro benzene ring substituents is 1. The maximum absolute atomic E-state index is 13.6. The van der Waals surface area contributed by atoms with E-state index >= 15 is 0 Å². The van der Waals surface area contributed by atoms with Gasteiger partial charge in [-0.25, -0.2) is 4.90 Å². The zero-order valence-corrected chi connectivity index (χ0v) is 17.3. The first-order valence-corrected chi connectivity index (χ1v) is 10.1. The molecule has 0 aliphatic carbocycles. The predicted molar refractivity (Wildman–Crippen MR) is 115 cm³/mol. The van der Waals surface area contributed by atoms with Crippen molar-refractivity contribution in [3.63, 3.8) is 0 Å². The minimum absolute atomic E-state index is 0.0140. The maximum Gasteiger partial charge on any atom is 0.271 e. The van der Waals surface area contributed by atoms with Crippen molar-refractivity contribution in [1.29, 1.82) is 0 Å². The highest BCUT2D eigenvalue weighted by Crippen LogP contribution is 2.50. The second-order valence-electron chi connectivity index (χ2n) is 8.05. The van der Waals surface area contributed by atoms with Crippen molar-refractivity contribution in [2.45, 2.75) is 19.0 Å². The minimum atomic E-state index is -0.898. The van der Waals surface area contributed by atoms with Gasteiger partial charge in [0, 0.05) is 17.8 Å². The van der Waals surface area contributed by atoms with Gasteiger partial charge in [0.25, 0.3) is 5.69 Å². The molecule has 0 aromatic heterocycles. The van der Waals surface area contributed by atoms with Gasteiger partial charge in [0.1, 0.15) is 17.5 Å². The summed E-state index contributed by atoms with van der Waals surface area (Å²) in [5.74, 6) is -2.80. The van der Waals surface area contributed by atoms with E-state index in [9.17, 15) is 24.5 Å². The molecule has 2 fully saturated rings. The number of nitro groups is 1. The van der Waals surface area contributed by atoms with E-state index in [1.807, 2.05) is 41.3 Å². The van der Waals surface area contributed by atoms with E-state index < -0.39 is 40.7 Å².